The minimum absolute atomic E-state index is 0.580. The monoisotopic (exact) mass is 730 g/mol. The summed E-state index contributed by atoms with van der Waals surface area (Å²) in [5, 5.41) is 4.51. The molecule has 2 aromatic heterocycles. The Kier molecular flexibility index (Phi) is 7.78. The van der Waals surface area contributed by atoms with E-state index in [9.17, 15) is 0 Å². The fourth-order valence-electron chi connectivity index (χ4n) is 8.12. The van der Waals surface area contributed by atoms with Crippen LogP contribution < -0.4 is 4.90 Å². The Bertz CT molecular complexity index is 3220. The lowest BCUT2D eigenvalue weighted by molar-refractivity contribution is 0.620. The number of oxazole rings is 1. The number of para-hydroxylation sites is 2. The van der Waals surface area contributed by atoms with Crippen LogP contribution in [0.5, 0.6) is 0 Å². The molecule has 11 aromatic rings. The van der Waals surface area contributed by atoms with E-state index in [0.717, 1.165) is 77.9 Å². The van der Waals surface area contributed by atoms with Gasteiger partial charge in [-0.2, -0.15) is 0 Å². The molecule has 0 amide bonds. The second kappa shape index (κ2) is 13.6. The second-order valence-corrected chi connectivity index (χ2v) is 14.3. The van der Waals surface area contributed by atoms with E-state index >= 15 is 0 Å². The van der Waals surface area contributed by atoms with Crippen LogP contribution in [0.4, 0.5) is 17.1 Å². The molecule has 0 aliphatic heterocycles. The fraction of sp³-hybridized carbons (Fsp3) is 0. The fourth-order valence-corrected chi connectivity index (χ4v) is 8.12. The van der Waals surface area contributed by atoms with Gasteiger partial charge in [0, 0.05) is 33.3 Å². The summed E-state index contributed by atoms with van der Waals surface area (Å²) in [7, 11) is 0. The van der Waals surface area contributed by atoms with Gasteiger partial charge in [-0.15, -0.1) is 0 Å². The number of furan rings is 1. The van der Waals surface area contributed by atoms with Crippen LogP contribution in [0.15, 0.2) is 215 Å². The summed E-state index contributed by atoms with van der Waals surface area (Å²) in [4.78, 5) is 7.43. The predicted octanol–water partition coefficient (Wildman–Crippen LogP) is 15.0. The van der Waals surface area contributed by atoms with Gasteiger partial charge in [-0.25, -0.2) is 4.98 Å². The number of hydrogen-bond donors (Lipinski definition) is 0. The first-order valence-electron chi connectivity index (χ1n) is 19.2. The molecular formula is C53H34N2O2. The molecule has 2 heterocycles. The molecular weight excluding hydrogens is 697 g/mol. The van der Waals surface area contributed by atoms with E-state index in [1.165, 1.54) is 21.9 Å². The minimum atomic E-state index is 0.580. The van der Waals surface area contributed by atoms with E-state index in [1.54, 1.807) is 0 Å². The van der Waals surface area contributed by atoms with Crippen LogP contribution in [0.2, 0.25) is 0 Å². The van der Waals surface area contributed by atoms with Crippen LogP contribution in [0, 0.1) is 0 Å². The molecule has 4 nitrogen and oxygen atoms in total. The van der Waals surface area contributed by atoms with E-state index < -0.39 is 0 Å². The number of anilines is 3. The first-order chi connectivity index (χ1) is 28.2. The van der Waals surface area contributed by atoms with E-state index in [2.05, 4.69) is 163 Å². The van der Waals surface area contributed by atoms with Gasteiger partial charge >= 0.3 is 0 Å². The van der Waals surface area contributed by atoms with Crippen molar-refractivity contribution < 1.29 is 8.83 Å². The molecule has 0 aliphatic rings. The third-order valence-electron chi connectivity index (χ3n) is 10.9. The van der Waals surface area contributed by atoms with Gasteiger partial charge in [-0.05, 0) is 93.7 Å². The highest BCUT2D eigenvalue weighted by Crippen LogP contribution is 2.45. The first-order valence-corrected chi connectivity index (χ1v) is 19.2. The average Bonchev–Trinajstić information content (AvgIpc) is 3.88. The highest BCUT2D eigenvalue weighted by molar-refractivity contribution is 6.16. The van der Waals surface area contributed by atoms with E-state index in [4.69, 9.17) is 13.8 Å². The van der Waals surface area contributed by atoms with E-state index in [1.807, 2.05) is 48.5 Å². The highest BCUT2D eigenvalue weighted by atomic mass is 16.4. The summed E-state index contributed by atoms with van der Waals surface area (Å²) < 4.78 is 13.1. The maximum absolute atomic E-state index is 6.62. The Hall–Kier alpha value is -7.69. The molecule has 0 saturated carbocycles. The van der Waals surface area contributed by atoms with Crippen LogP contribution in [0.1, 0.15) is 0 Å². The van der Waals surface area contributed by atoms with Crippen molar-refractivity contribution in [3.8, 4) is 44.8 Å². The predicted molar refractivity (Wildman–Crippen MR) is 235 cm³/mol. The molecule has 0 aliphatic carbocycles. The third kappa shape index (κ3) is 5.74. The van der Waals surface area contributed by atoms with Crippen molar-refractivity contribution in [1.29, 1.82) is 0 Å². The molecule has 268 valence electrons. The van der Waals surface area contributed by atoms with Gasteiger partial charge in [0.15, 0.2) is 5.58 Å². The quantitative estimate of drug-likeness (QED) is 0.164. The smallest absolute Gasteiger partial charge is 0.227 e. The lowest BCUT2D eigenvalue weighted by Gasteiger charge is -2.28. The summed E-state index contributed by atoms with van der Waals surface area (Å²) in [6.07, 6.45) is 0. The lowest BCUT2D eigenvalue weighted by atomic mass is 9.98. The van der Waals surface area contributed by atoms with Crippen molar-refractivity contribution in [3.05, 3.63) is 206 Å². The molecule has 4 heteroatoms. The molecule has 0 fully saturated rings. The molecule has 0 saturated heterocycles. The summed E-state index contributed by atoms with van der Waals surface area (Å²) in [5.74, 6) is 0.580. The summed E-state index contributed by atoms with van der Waals surface area (Å²) >= 11 is 0. The number of nitrogens with zero attached hydrogens (tertiary/aromatic N) is 2. The van der Waals surface area contributed by atoms with Crippen LogP contribution in [-0.4, -0.2) is 4.98 Å². The zero-order valence-electron chi connectivity index (χ0n) is 30.8. The van der Waals surface area contributed by atoms with Crippen LogP contribution in [0.25, 0.3) is 88.6 Å². The van der Waals surface area contributed by atoms with E-state index in [0.29, 0.717) is 5.89 Å². The molecule has 0 unspecified atom stereocenters. The highest BCUT2D eigenvalue weighted by Gasteiger charge is 2.23. The minimum Gasteiger partial charge on any atom is -0.455 e. The van der Waals surface area contributed by atoms with Gasteiger partial charge in [0.05, 0.1) is 11.3 Å². The largest absolute Gasteiger partial charge is 0.455 e. The van der Waals surface area contributed by atoms with Crippen molar-refractivity contribution in [2.75, 3.05) is 4.90 Å². The first kappa shape index (κ1) is 32.7. The van der Waals surface area contributed by atoms with E-state index in [-0.39, 0.29) is 0 Å². The topological polar surface area (TPSA) is 42.4 Å². The number of fused-ring (bicyclic) bond motifs is 5. The summed E-state index contributed by atoms with van der Waals surface area (Å²) in [5.41, 5.74) is 13.8. The SMILES string of the molecule is c1ccc(-c2nc3c(-c4ccc(N(c5ccc(-c6ccc7ccccc7c6)cc5)c5ccccc5-c5ccccc5)cc4)c4oc5ccccc5c4cc3o2)cc1. The molecule has 0 bridgehead atoms. The zero-order valence-corrected chi connectivity index (χ0v) is 30.8. The van der Waals surface area contributed by atoms with Gasteiger partial charge in [-0.3, -0.25) is 0 Å². The van der Waals surface area contributed by atoms with Crippen molar-refractivity contribution in [2.45, 2.75) is 0 Å². The van der Waals surface area contributed by atoms with Crippen molar-refractivity contribution in [3.63, 3.8) is 0 Å². The second-order valence-electron chi connectivity index (χ2n) is 14.3. The summed E-state index contributed by atoms with van der Waals surface area (Å²) in [6.45, 7) is 0. The van der Waals surface area contributed by atoms with Gasteiger partial charge in [0.25, 0.3) is 0 Å². The molecule has 0 radical (unpaired) electrons. The average molecular weight is 731 g/mol. The molecule has 0 atom stereocenters. The lowest BCUT2D eigenvalue weighted by Crippen LogP contribution is -2.11. The number of benzene rings is 9. The van der Waals surface area contributed by atoms with Gasteiger partial charge in [0.1, 0.15) is 16.7 Å². The Morgan fingerprint density at radius 2 is 1.00 bits per heavy atom. The van der Waals surface area contributed by atoms with Gasteiger partial charge in [-0.1, -0.05) is 146 Å². The van der Waals surface area contributed by atoms with Crippen LogP contribution in [-0.2, 0) is 0 Å². The van der Waals surface area contributed by atoms with Crippen molar-refractivity contribution in [2.24, 2.45) is 0 Å². The summed E-state index contributed by atoms with van der Waals surface area (Å²) in [6, 6.07) is 72.3. The standard InChI is InChI=1S/C53H34N2O2/c1-3-14-37(15-4-1)44-19-9-11-21-47(44)55(42-29-25-36(26-30-42)41-24-23-35-13-7-8-18-40(35)33-41)43-31-27-38(28-32-43)50-51-49(57-53(54-51)39-16-5-2-6-17-39)34-46-45-20-10-12-22-48(45)56-52(46)50/h1-34H. The normalized spacial score (nSPS) is 11.5. The maximum Gasteiger partial charge on any atom is 0.227 e. The number of hydrogen-bond acceptors (Lipinski definition) is 4. The Morgan fingerprint density at radius 3 is 1.77 bits per heavy atom. The number of aromatic nitrogens is 1. The molecule has 0 spiro atoms. The third-order valence-corrected chi connectivity index (χ3v) is 10.9. The van der Waals surface area contributed by atoms with Crippen LogP contribution >= 0.6 is 0 Å². The zero-order chi connectivity index (χ0) is 37.7. The van der Waals surface area contributed by atoms with Gasteiger partial charge < -0.3 is 13.7 Å². The van der Waals surface area contributed by atoms with Gasteiger partial charge in [0.2, 0.25) is 5.89 Å². The Balaban J connectivity index is 1.07. The van der Waals surface area contributed by atoms with Crippen molar-refractivity contribution in [1.82, 2.24) is 4.98 Å². The van der Waals surface area contributed by atoms with Crippen LogP contribution in [0.3, 0.4) is 0 Å². The molecule has 9 aromatic carbocycles. The molecule has 57 heavy (non-hydrogen) atoms. The molecule has 11 rings (SSSR count). The molecule has 0 N–H and O–H groups in total. The Labute approximate surface area is 329 Å². The Morgan fingerprint density at radius 1 is 0.386 bits per heavy atom. The van der Waals surface area contributed by atoms with Crippen molar-refractivity contribution >= 4 is 60.9 Å². The maximum atomic E-state index is 6.62. The number of rotatable bonds is 7.